The fourth-order valence-corrected chi connectivity index (χ4v) is 5.08. The molecule has 0 saturated carbocycles. The number of aromatic amines is 1. The molecular formula is C29H28F3N7O3S. The second kappa shape index (κ2) is 12.9. The number of likely N-dealkylation sites (N-methyl/N-ethyl adjacent to an activating group) is 1. The predicted molar refractivity (Wildman–Crippen MR) is 159 cm³/mol. The van der Waals surface area contributed by atoms with Crippen LogP contribution < -0.4 is 15.8 Å². The first-order chi connectivity index (χ1) is 20.4. The molecule has 2 aromatic carbocycles. The first-order valence-electron chi connectivity index (χ1n) is 12.7. The smallest absolute Gasteiger partial charge is 0.262 e. The van der Waals surface area contributed by atoms with Gasteiger partial charge in [-0.1, -0.05) is 12.6 Å². The van der Waals surface area contributed by atoms with Crippen LogP contribution in [0.5, 0.6) is 0 Å². The van der Waals surface area contributed by atoms with Gasteiger partial charge in [-0.2, -0.15) is 0 Å². The molecule has 0 unspecified atom stereocenters. The van der Waals surface area contributed by atoms with E-state index in [4.69, 9.17) is 5.73 Å². The molecule has 0 aliphatic carbocycles. The summed E-state index contributed by atoms with van der Waals surface area (Å²) < 4.78 is 71.3. The Hall–Kier alpha value is -4.95. The van der Waals surface area contributed by atoms with Gasteiger partial charge in [0.25, 0.3) is 10.0 Å². The molecule has 10 nitrogen and oxygen atoms in total. The average Bonchev–Trinajstić information content (AvgIpc) is 3.38. The van der Waals surface area contributed by atoms with Gasteiger partial charge in [-0.25, -0.2) is 31.6 Å². The average molecular weight is 612 g/mol. The summed E-state index contributed by atoms with van der Waals surface area (Å²) in [5, 5.41) is 3.28. The lowest BCUT2D eigenvalue weighted by atomic mass is 10.00. The Morgan fingerprint density at radius 3 is 2.65 bits per heavy atom. The van der Waals surface area contributed by atoms with Gasteiger partial charge in [0.2, 0.25) is 5.78 Å². The quantitative estimate of drug-likeness (QED) is 0.140. The number of nitrogens with zero attached hydrogens (tertiary/aromatic N) is 3. The van der Waals surface area contributed by atoms with Gasteiger partial charge in [-0.15, -0.1) is 0 Å². The highest BCUT2D eigenvalue weighted by Gasteiger charge is 2.26. The fourth-order valence-electron chi connectivity index (χ4n) is 3.99. The number of nitrogens with one attached hydrogen (secondary N) is 3. The summed E-state index contributed by atoms with van der Waals surface area (Å²) in [5.74, 6) is -4.17. The molecule has 0 radical (unpaired) electrons. The summed E-state index contributed by atoms with van der Waals surface area (Å²) in [4.78, 5) is 26.3. The summed E-state index contributed by atoms with van der Waals surface area (Å²) >= 11 is 0. The molecule has 0 fully saturated rings. The summed E-state index contributed by atoms with van der Waals surface area (Å²) in [6.45, 7) is 5.22. The fraction of sp³-hybridized carbons (Fsp3) is 0.138. The number of benzene rings is 2. The third-order valence-corrected chi connectivity index (χ3v) is 7.57. The van der Waals surface area contributed by atoms with Crippen molar-refractivity contribution in [3.63, 3.8) is 0 Å². The van der Waals surface area contributed by atoms with Crippen LogP contribution in [-0.2, 0) is 10.0 Å². The molecule has 0 bridgehead atoms. The van der Waals surface area contributed by atoms with Gasteiger partial charge in [0.05, 0.1) is 16.1 Å². The Kier molecular flexibility index (Phi) is 9.31. The van der Waals surface area contributed by atoms with Crippen LogP contribution >= 0.6 is 0 Å². The summed E-state index contributed by atoms with van der Waals surface area (Å²) in [6, 6.07) is 7.16. The highest BCUT2D eigenvalue weighted by atomic mass is 32.2. The van der Waals surface area contributed by atoms with Crippen LogP contribution in [0, 0.1) is 17.5 Å². The van der Waals surface area contributed by atoms with Gasteiger partial charge in [-0.3, -0.25) is 9.52 Å². The maximum Gasteiger partial charge on any atom is 0.262 e. The number of aromatic nitrogens is 2. The van der Waals surface area contributed by atoms with Crippen LogP contribution in [0.15, 0.2) is 83.3 Å². The number of allylic oxidation sites excluding steroid dienone is 1. The van der Waals surface area contributed by atoms with Gasteiger partial charge < -0.3 is 20.9 Å². The Morgan fingerprint density at radius 1 is 1.19 bits per heavy atom. The van der Waals surface area contributed by atoms with E-state index in [9.17, 15) is 22.0 Å². The number of carbonyl (C=O) groups is 1. The molecule has 4 rings (SSSR count). The third-order valence-electron chi connectivity index (χ3n) is 6.21. The molecule has 0 saturated heterocycles. The minimum atomic E-state index is -4.46. The molecule has 2 aromatic heterocycles. The maximum absolute atomic E-state index is 15.5. The van der Waals surface area contributed by atoms with Gasteiger partial charge >= 0.3 is 0 Å². The van der Waals surface area contributed by atoms with E-state index in [0.717, 1.165) is 42.9 Å². The van der Waals surface area contributed by atoms with Crippen LogP contribution in [0.25, 0.3) is 16.6 Å². The zero-order valence-corrected chi connectivity index (χ0v) is 24.0. The van der Waals surface area contributed by atoms with Crippen molar-refractivity contribution in [1.82, 2.24) is 20.2 Å². The molecule has 0 atom stereocenters. The van der Waals surface area contributed by atoms with Gasteiger partial charge in [-0.05, 0) is 50.5 Å². The molecule has 0 spiro atoms. The van der Waals surface area contributed by atoms with Crippen LogP contribution in [0.4, 0.5) is 18.9 Å². The van der Waals surface area contributed by atoms with Gasteiger partial charge in [0.1, 0.15) is 23.1 Å². The van der Waals surface area contributed by atoms with E-state index >= 15 is 4.39 Å². The van der Waals surface area contributed by atoms with Crippen molar-refractivity contribution in [2.24, 2.45) is 10.7 Å². The number of anilines is 1. The van der Waals surface area contributed by atoms with Crippen molar-refractivity contribution in [1.29, 1.82) is 0 Å². The Morgan fingerprint density at radius 2 is 1.95 bits per heavy atom. The third kappa shape index (κ3) is 7.10. The van der Waals surface area contributed by atoms with E-state index in [-0.39, 0.29) is 16.6 Å². The van der Waals surface area contributed by atoms with Gasteiger partial charge in [0, 0.05) is 60.0 Å². The first-order valence-corrected chi connectivity index (χ1v) is 14.2. The number of rotatable bonds is 12. The number of H-pyrrole nitrogens is 1. The zero-order valence-electron chi connectivity index (χ0n) is 23.2. The number of halogens is 3. The minimum absolute atomic E-state index is 0.129. The second-order valence-corrected chi connectivity index (χ2v) is 11.2. The first kappa shape index (κ1) is 31.0. The number of fused-ring (bicyclic) bond motifs is 1. The van der Waals surface area contributed by atoms with Crippen molar-refractivity contribution in [3.05, 3.63) is 108 Å². The zero-order chi connectivity index (χ0) is 31.3. The molecule has 0 aliphatic heterocycles. The molecule has 0 aliphatic rings. The van der Waals surface area contributed by atoms with Crippen LogP contribution in [0.3, 0.4) is 0 Å². The van der Waals surface area contributed by atoms with Crippen LogP contribution in [0.1, 0.15) is 21.5 Å². The lowest BCUT2D eigenvalue weighted by Crippen LogP contribution is -2.25. The number of aliphatic imine (C=N–C) groups is 1. The van der Waals surface area contributed by atoms with E-state index < -0.39 is 49.4 Å². The highest BCUT2D eigenvalue weighted by molar-refractivity contribution is 7.92. The highest BCUT2D eigenvalue weighted by Crippen LogP contribution is 2.29. The van der Waals surface area contributed by atoms with E-state index in [2.05, 4.69) is 26.9 Å². The largest absolute Gasteiger partial charge is 0.404 e. The molecular weight excluding hydrogens is 583 g/mol. The minimum Gasteiger partial charge on any atom is -0.404 e. The topological polar surface area (TPSA) is 146 Å². The second-order valence-electron chi connectivity index (χ2n) is 9.56. The number of sulfonamides is 1. The normalized spacial score (nSPS) is 12.3. The van der Waals surface area contributed by atoms with Crippen LogP contribution in [0.2, 0.25) is 0 Å². The summed E-state index contributed by atoms with van der Waals surface area (Å²) in [6.07, 6.45) is 5.45. The summed E-state index contributed by atoms with van der Waals surface area (Å²) in [5.41, 5.74) is 5.11. The molecule has 0 amide bonds. The molecule has 4 aromatic rings. The number of pyridine rings is 1. The van der Waals surface area contributed by atoms with Crippen molar-refractivity contribution in [3.8, 4) is 0 Å². The number of ketones is 1. The van der Waals surface area contributed by atoms with Crippen LogP contribution in [-0.4, -0.2) is 62.5 Å². The molecule has 224 valence electrons. The molecule has 43 heavy (non-hydrogen) atoms. The van der Waals surface area contributed by atoms with Crippen molar-refractivity contribution >= 4 is 44.3 Å². The Bertz CT molecular complexity index is 1870. The molecule has 5 N–H and O–H groups in total. The molecule has 2 heterocycles. The lowest BCUT2D eigenvalue weighted by Gasteiger charge is -2.12. The van der Waals surface area contributed by atoms with Crippen molar-refractivity contribution in [2.75, 3.05) is 31.9 Å². The van der Waals surface area contributed by atoms with Crippen molar-refractivity contribution in [2.45, 2.75) is 4.90 Å². The van der Waals surface area contributed by atoms with Crippen molar-refractivity contribution < 1.29 is 26.4 Å². The number of hydrogen-bond donors (Lipinski definition) is 4. The van der Waals surface area contributed by atoms with E-state index in [0.29, 0.717) is 23.5 Å². The van der Waals surface area contributed by atoms with E-state index in [1.165, 1.54) is 24.8 Å². The molecule has 14 heteroatoms. The maximum atomic E-state index is 15.5. The van der Waals surface area contributed by atoms with E-state index in [1.54, 1.807) is 6.07 Å². The van der Waals surface area contributed by atoms with Gasteiger partial charge in [0.15, 0.2) is 5.82 Å². The SMILES string of the molecule is C=C(N=C/C(=C\N)c1cnc2[nH]cc(C(=O)c3c(F)ccc(NS(=O)(=O)c4cccc(F)c4)c3F)c2c1)NCCN(C)C. The number of carbonyl (C=O) groups excluding carboxylic acids is 1. The Labute approximate surface area is 245 Å². The Balaban J connectivity index is 1.64. The lowest BCUT2D eigenvalue weighted by molar-refractivity contribution is 0.103. The van der Waals surface area contributed by atoms with E-state index in [1.807, 2.05) is 23.7 Å². The monoisotopic (exact) mass is 611 g/mol. The number of hydrogen-bond acceptors (Lipinski definition) is 8. The predicted octanol–water partition coefficient (Wildman–Crippen LogP) is 4.00. The summed E-state index contributed by atoms with van der Waals surface area (Å²) in [7, 11) is -0.599. The number of nitrogens with two attached hydrogens (primary N) is 1. The standard InChI is InChI=1S/C29H28F3N7O3S/c1-17(34-9-10-39(2)3)35-15-19(13-33)18-11-22-23(16-37-29(22)36-14-18)28(40)26-24(31)7-8-25(27(26)32)38-43(41,42)21-6-4-5-20(30)12-21/h4-8,11-16,34,38H,1,9-10,33H2,2-3H3,(H,36,37)/b19-13+,35-15?.